The van der Waals surface area contributed by atoms with Gasteiger partial charge in [-0.1, -0.05) is 18.2 Å². The first-order chi connectivity index (χ1) is 8.16. The van der Waals surface area contributed by atoms with Crippen molar-refractivity contribution < 1.29 is 19.4 Å². The molecule has 2 rings (SSSR count). The Morgan fingerprint density at radius 2 is 2.18 bits per heavy atom. The minimum Gasteiger partial charge on any atom is -0.488 e. The highest BCUT2D eigenvalue weighted by Crippen LogP contribution is 2.26. The summed E-state index contributed by atoms with van der Waals surface area (Å²) < 4.78 is 5.65. The molecule has 0 fully saturated rings. The van der Waals surface area contributed by atoms with Crippen LogP contribution < -0.4 is 10.1 Å². The second-order valence-electron chi connectivity index (χ2n) is 3.90. The van der Waals surface area contributed by atoms with Gasteiger partial charge in [-0.3, -0.25) is 4.79 Å². The van der Waals surface area contributed by atoms with Crippen molar-refractivity contribution in [3.63, 3.8) is 0 Å². The maximum atomic E-state index is 10.9. The predicted molar refractivity (Wildman–Crippen MR) is 59.8 cm³/mol. The highest BCUT2D eigenvalue weighted by Gasteiger charge is 2.21. The summed E-state index contributed by atoms with van der Waals surface area (Å²) in [5.74, 6) is -1.65. The molecule has 0 saturated heterocycles. The van der Waals surface area contributed by atoms with Crippen LogP contribution in [0.1, 0.15) is 12.0 Å². The average Bonchev–Trinajstić information content (AvgIpc) is 2.35. The van der Waals surface area contributed by atoms with E-state index in [9.17, 15) is 9.59 Å². The van der Waals surface area contributed by atoms with Gasteiger partial charge in [0.05, 0.1) is 6.54 Å². The van der Waals surface area contributed by atoms with Gasteiger partial charge < -0.3 is 15.2 Å². The minimum absolute atomic E-state index is 0.159. The van der Waals surface area contributed by atoms with Crippen molar-refractivity contribution in [3.8, 4) is 5.75 Å². The van der Waals surface area contributed by atoms with Crippen LogP contribution in [0.15, 0.2) is 24.3 Å². The maximum Gasteiger partial charge on any atom is 0.394 e. The Balaban J connectivity index is 1.90. The fourth-order valence-corrected chi connectivity index (χ4v) is 1.81. The number of hydrogen-bond acceptors (Lipinski definition) is 3. The summed E-state index contributed by atoms with van der Waals surface area (Å²) in [6.45, 7) is 0.222. The van der Waals surface area contributed by atoms with Crippen LogP contribution in [0.3, 0.4) is 0 Å². The Labute approximate surface area is 98.4 Å². The molecule has 1 aromatic carbocycles. The number of aliphatic carboxylic acids is 1. The first-order valence-electron chi connectivity index (χ1n) is 5.42. The molecular formula is C12H13NO4. The third-order valence-electron chi connectivity index (χ3n) is 2.69. The molecule has 90 valence electrons. The van der Waals surface area contributed by atoms with Crippen LogP contribution in [0.25, 0.3) is 0 Å². The average molecular weight is 235 g/mol. The van der Waals surface area contributed by atoms with Gasteiger partial charge in [-0.15, -0.1) is 0 Å². The summed E-state index contributed by atoms with van der Waals surface area (Å²) in [6.07, 6.45) is 1.49. The van der Waals surface area contributed by atoms with Gasteiger partial charge >= 0.3 is 11.9 Å². The number of carboxylic acid groups (broad SMARTS) is 1. The van der Waals surface area contributed by atoms with E-state index < -0.39 is 11.9 Å². The van der Waals surface area contributed by atoms with Gasteiger partial charge in [0.25, 0.3) is 0 Å². The topological polar surface area (TPSA) is 75.6 Å². The first-order valence-corrected chi connectivity index (χ1v) is 5.42. The molecule has 1 unspecified atom stereocenters. The molecule has 1 aromatic rings. The number of fused-ring (bicyclic) bond motifs is 1. The zero-order valence-electron chi connectivity index (χ0n) is 9.18. The smallest absolute Gasteiger partial charge is 0.394 e. The molecular weight excluding hydrogens is 222 g/mol. The number of para-hydroxylation sites is 1. The number of carbonyl (C=O) groups is 2. The minimum atomic E-state index is -1.47. The summed E-state index contributed by atoms with van der Waals surface area (Å²) in [7, 11) is 0. The highest BCUT2D eigenvalue weighted by molar-refractivity contribution is 6.31. The molecule has 17 heavy (non-hydrogen) atoms. The summed E-state index contributed by atoms with van der Waals surface area (Å²) in [5.41, 5.74) is 1.15. The molecule has 1 amide bonds. The zero-order chi connectivity index (χ0) is 12.3. The number of nitrogens with one attached hydrogen (secondary N) is 1. The van der Waals surface area contributed by atoms with Crippen molar-refractivity contribution in [1.82, 2.24) is 5.32 Å². The van der Waals surface area contributed by atoms with E-state index in [-0.39, 0.29) is 12.6 Å². The van der Waals surface area contributed by atoms with Crippen molar-refractivity contribution in [2.24, 2.45) is 0 Å². The Bertz CT molecular complexity index is 444. The van der Waals surface area contributed by atoms with Crippen molar-refractivity contribution in [2.45, 2.75) is 18.9 Å². The highest BCUT2D eigenvalue weighted by atomic mass is 16.5. The van der Waals surface area contributed by atoms with Crippen molar-refractivity contribution >= 4 is 11.9 Å². The van der Waals surface area contributed by atoms with Crippen LogP contribution in [-0.4, -0.2) is 29.6 Å². The van der Waals surface area contributed by atoms with E-state index in [0.29, 0.717) is 0 Å². The van der Waals surface area contributed by atoms with Crippen LogP contribution in [0, 0.1) is 0 Å². The van der Waals surface area contributed by atoms with Gasteiger partial charge in [0.15, 0.2) is 0 Å². The van der Waals surface area contributed by atoms with Crippen molar-refractivity contribution in [3.05, 3.63) is 29.8 Å². The number of carbonyl (C=O) groups excluding carboxylic acids is 1. The van der Waals surface area contributed by atoms with E-state index in [1.165, 1.54) is 0 Å². The van der Waals surface area contributed by atoms with E-state index in [0.717, 1.165) is 24.2 Å². The molecule has 1 heterocycles. The summed E-state index contributed by atoms with van der Waals surface area (Å²) >= 11 is 0. The molecule has 5 heteroatoms. The third-order valence-corrected chi connectivity index (χ3v) is 2.69. The maximum absolute atomic E-state index is 10.9. The number of amides is 1. The first kappa shape index (κ1) is 11.4. The molecule has 0 spiro atoms. The second-order valence-corrected chi connectivity index (χ2v) is 3.90. The summed E-state index contributed by atoms with van der Waals surface area (Å²) in [4.78, 5) is 21.2. The summed E-state index contributed by atoms with van der Waals surface area (Å²) in [6, 6.07) is 7.72. The van der Waals surface area contributed by atoms with E-state index in [2.05, 4.69) is 5.32 Å². The second kappa shape index (κ2) is 4.86. The molecule has 1 aliphatic rings. The number of carboxylic acids is 1. The number of hydrogen-bond donors (Lipinski definition) is 2. The Morgan fingerprint density at radius 3 is 2.94 bits per heavy atom. The Hall–Kier alpha value is -2.04. The Kier molecular flexibility index (Phi) is 3.27. The van der Waals surface area contributed by atoms with E-state index >= 15 is 0 Å². The van der Waals surface area contributed by atoms with Crippen LogP contribution in [0.2, 0.25) is 0 Å². The predicted octanol–water partition coefficient (Wildman–Crippen LogP) is 0.581. The number of ether oxygens (including phenoxy) is 1. The molecule has 0 aromatic heterocycles. The van der Waals surface area contributed by atoms with Gasteiger partial charge in [-0.25, -0.2) is 4.79 Å². The molecule has 0 radical (unpaired) electrons. The largest absolute Gasteiger partial charge is 0.488 e. The molecule has 1 atom stereocenters. The summed E-state index contributed by atoms with van der Waals surface area (Å²) in [5, 5.41) is 10.7. The molecule has 0 saturated carbocycles. The number of rotatable bonds is 2. The quantitative estimate of drug-likeness (QED) is 0.735. The van der Waals surface area contributed by atoms with Crippen molar-refractivity contribution in [1.29, 1.82) is 0 Å². The van der Waals surface area contributed by atoms with Crippen LogP contribution in [-0.2, 0) is 16.0 Å². The lowest BCUT2D eigenvalue weighted by Crippen LogP contribution is -2.40. The normalized spacial score (nSPS) is 17.8. The van der Waals surface area contributed by atoms with Crippen LogP contribution >= 0.6 is 0 Å². The molecule has 0 aliphatic carbocycles. The van der Waals surface area contributed by atoms with Gasteiger partial charge in [0, 0.05) is 0 Å². The molecule has 5 nitrogen and oxygen atoms in total. The molecule has 1 aliphatic heterocycles. The monoisotopic (exact) mass is 235 g/mol. The fourth-order valence-electron chi connectivity index (χ4n) is 1.81. The van der Waals surface area contributed by atoms with E-state index in [4.69, 9.17) is 9.84 Å². The lowest BCUT2D eigenvalue weighted by atomic mass is 10.0. The lowest BCUT2D eigenvalue weighted by Gasteiger charge is -2.25. The number of benzene rings is 1. The fraction of sp³-hybridized carbons (Fsp3) is 0.333. The van der Waals surface area contributed by atoms with Crippen molar-refractivity contribution in [2.75, 3.05) is 6.54 Å². The van der Waals surface area contributed by atoms with E-state index in [1.807, 2.05) is 24.3 Å². The molecule has 2 N–H and O–H groups in total. The van der Waals surface area contributed by atoms with Gasteiger partial charge in [-0.05, 0) is 24.5 Å². The van der Waals surface area contributed by atoms with Gasteiger partial charge in [0.2, 0.25) is 0 Å². The van der Waals surface area contributed by atoms with Crippen LogP contribution in [0.4, 0.5) is 0 Å². The number of aryl methyl sites for hydroxylation is 1. The SMILES string of the molecule is O=C(O)C(=O)NCC1CCc2ccccc2O1. The standard InChI is InChI=1S/C12H13NO4/c14-11(12(15)16)13-7-9-6-5-8-3-1-2-4-10(8)17-9/h1-4,9H,5-7H2,(H,13,14)(H,15,16). The van der Waals surface area contributed by atoms with Gasteiger partial charge in [0.1, 0.15) is 11.9 Å². The van der Waals surface area contributed by atoms with Crippen LogP contribution in [0.5, 0.6) is 5.75 Å². The molecule has 0 bridgehead atoms. The third kappa shape index (κ3) is 2.75. The van der Waals surface area contributed by atoms with Gasteiger partial charge in [-0.2, -0.15) is 0 Å². The lowest BCUT2D eigenvalue weighted by molar-refractivity contribution is -0.150. The Morgan fingerprint density at radius 1 is 1.41 bits per heavy atom. The zero-order valence-corrected chi connectivity index (χ0v) is 9.18. The van der Waals surface area contributed by atoms with E-state index in [1.54, 1.807) is 0 Å².